The minimum Gasteiger partial charge on any atom is -0.516 e. The van der Waals surface area contributed by atoms with Crippen LogP contribution in [-0.2, 0) is 17.6 Å². The lowest BCUT2D eigenvalue weighted by molar-refractivity contribution is -0.171. The second-order valence-corrected chi connectivity index (χ2v) is 32.9. The molecule has 7 nitrogen and oxygen atoms in total. The van der Waals surface area contributed by atoms with Crippen molar-refractivity contribution in [3.63, 3.8) is 0 Å². The molecular weight excluding hydrogens is 1100 g/mol. The Morgan fingerprint density at radius 1 is 0.800 bits per heavy atom. The van der Waals surface area contributed by atoms with Crippen LogP contribution in [0.3, 0.4) is 0 Å². The highest BCUT2D eigenvalue weighted by Crippen LogP contribution is 2.86. The van der Waals surface area contributed by atoms with Crippen molar-refractivity contribution in [2.24, 2.45) is 91.2 Å². The summed E-state index contributed by atoms with van der Waals surface area (Å²) in [6.45, 7) is 11.4. The van der Waals surface area contributed by atoms with E-state index >= 15 is 4.79 Å². The first-order valence-corrected chi connectivity index (χ1v) is 36.2. The molecule has 11 aliphatic carbocycles. The lowest BCUT2D eigenvalue weighted by atomic mass is 9.29. The average Bonchev–Trinajstić information content (AvgIpc) is 1.21. The molecule has 3 spiro atoms. The van der Waals surface area contributed by atoms with Gasteiger partial charge in [0, 0.05) is 46.1 Å². The van der Waals surface area contributed by atoms with Crippen LogP contribution in [0.4, 0.5) is 0 Å². The van der Waals surface area contributed by atoms with Crippen molar-refractivity contribution < 1.29 is 25.2 Å². The van der Waals surface area contributed by atoms with Crippen LogP contribution in [0.25, 0.3) is 17.2 Å². The molecule has 6 heterocycles. The maximum atomic E-state index is 15.2. The molecule has 16 unspecified atom stereocenters. The van der Waals surface area contributed by atoms with Crippen LogP contribution in [-0.4, -0.2) is 51.7 Å². The summed E-state index contributed by atoms with van der Waals surface area (Å²) < 4.78 is 0. The lowest BCUT2D eigenvalue weighted by Gasteiger charge is -2.74. The van der Waals surface area contributed by atoms with Crippen LogP contribution in [0.5, 0.6) is 0 Å². The van der Waals surface area contributed by atoms with Crippen LogP contribution in [0.15, 0.2) is 155 Å². The average molecular weight is 1210 g/mol. The van der Waals surface area contributed by atoms with Crippen molar-refractivity contribution in [3.05, 3.63) is 182 Å². The van der Waals surface area contributed by atoms with Crippen molar-refractivity contribution in [3.8, 4) is 0 Å². The fourth-order valence-electron chi connectivity index (χ4n) is 25.5. The Morgan fingerprint density at radius 2 is 1.62 bits per heavy atom. The number of benzene rings is 3. The maximum absolute atomic E-state index is 15.2. The third kappa shape index (κ3) is 8.50. The Hall–Kier alpha value is -5.63. The van der Waals surface area contributed by atoms with E-state index in [1.165, 1.54) is 95.1 Å². The summed E-state index contributed by atoms with van der Waals surface area (Å²) in [5, 5.41) is 61.5. The van der Waals surface area contributed by atoms with Gasteiger partial charge >= 0.3 is 5.97 Å². The summed E-state index contributed by atoms with van der Waals surface area (Å²) in [5.74, 6) is 1.74. The van der Waals surface area contributed by atoms with Gasteiger partial charge in [0.1, 0.15) is 0 Å². The van der Waals surface area contributed by atoms with E-state index in [2.05, 4.69) is 160 Å². The molecule has 0 radical (unpaired) electrons. The lowest BCUT2D eigenvalue weighted by Crippen LogP contribution is -2.69. The predicted molar refractivity (Wildman–Crippen MR) is 361 cm³/mol. The van der Waals surface area contributed by atoms with Crippen molar-refractivity contribution in [1.29, 1.82) is 0 Å². The minimum absolute atomic E-state index is 0.0757. The SMILES string of the molecule is CC(C)CC1=CCC2(C)C(O)CCC34C5=C6CC1(C=C1C(=c7ccccc7=CC13)Cc1cccc(c1)C1=CC=C(NCCCC(C3CCCCC3)C(=CO)CCC(C(=O)O)C37C=CC8C(CCC89CCC(Cc8ccccc8)C9)C6(CC3O)C7(C)CC5)NC1)C24. The second-order valence-electron chi connectivity index (χ2n) is 32.9. The third-order valence-corrected chi connectivity index (χ3v) is 28.9. The van der Waals surface area contributed by atoms with E-state index in [4.69, 9.17) is 0 Å². The van der Waals surface area contributed by atoms with E-state index in [0.717, 1.165) is 114 Å². The number of dihydropyridines is 1. The molecule has 14 bridgehead atoms. The normalized spacial score (nSPS) is 41.3. The van der Waals surface area contributed by atoms with Gasteiger partial charge in [0.15, 0.2) is 0 Å². The van der Waals surface area contributed by atoms with E-state index in [1.807, 2.05) is 0 Å². The van der Waals surface area contributed by atoms with Crippen molar-refractivity contribution in [2.45, 2.75) is 194 Å². The van der Waals surface area contributed by atoms with Gasteiger partial charge in [-0.3, -0.25) is 4.79 Å². The first kappa shape index (κ1) is 59.4. The molecule has 3 aromatic carbocycles. The molecule has 90 heavy (non-hydrogen) atoms. The maximum Gasteiger partial charge on any atom is 0.307 e. The number of hydrogen-bond acceptors (Lipinski definition) is 6. The third-order valence-electron chi connectivity index (χ3n) is 28.9. The minimum atomic E-state index is -1.05. The molecule has 20 rings (SSSR count). The topological polar surface area (TPSA) is 122 Å². The molecule has 17 aliphatic rings. The molecular formula is C83H102N2O5. The number of rotatable bonds is 6. The molecule has 3 aromatic rings. The highest BCUT2D eigenvalue weighted by molar-refractivity contribution is 5.78. The first-order chi connectivity index (χ1) is 43.6. The van der Waals surface area contributed by atoms with Crippen LogP contribution in [0.2, 0.25) is 0 Å². The van der Waals surface area contributed by atoms with E-state index in [-0.39, 0.29) is 45.8 Å². The number of aliphatic hydroxyl groups excluding tert-OH is 3. The van der Waals surface area contributed by atoms with Gasteiger partial charge in [-0.05, 0) is 243 Å². The largest absolute Gasteiger partial charge is 0.516 e. The smallest absolute Gasteiger partial charge is 0.307 e. The second kappa shape index (κ2) is 22.0. The monoisotopic (exact) mass is 1210 g/mol. The Balaban J connectivity index is 0.936. The zero-order chi connectivity index (χ0) is 61.6. The van der Waals surface area contributed by atoms with E-state index in [9.17, 15) is 20.4 Å². The Kier molecular flexibility index (Phi) is 14.5. The van der Waals surface area contributed by atoms with Crippen LogP contribution >= 0.6 is 0 Å². The van der Waals surface area contributed by atoms with E-state index in [0.29, 0.717) is 37.0 Å². The fraction of sp³-hybridized carbons (Fsp3) is 0.578. The van der Waals surface area contributed by atoms with Crippen molar-refractivity contribution in [1.82, 2.24) is 10.6 Å². The molecule has 7 heteroatoms. The quantitative estimate of drug-likeness (QED) is 0.107. The highest BCUT2D eigenvalue weighted by atomic mass is 16.4. The number of carboxylic acid groups (broad SMARTS) is 1. The molecule has 0 saturated heterocycles. The van der Waals surface area contributed by atoms with E-state index in [1.54, 1.807) is 16.7 Å². The van der Waals surface area contributed by atoms with Crippen LogP contribution < -0.4 is 21.1 Å². The number of hydrogen-bond donors (Lipinski definition) is 6. The van der Waals surface area contributed by atoms with Crippen molar-refractivity contribution >= 4 is 23.2 Å². The number of carboxylic acids is 1. The number of aliphatic carboxylic acids is 1. The summed E-state index contributed by atoms with van der Waals surface area (Å²) in [6, 6.07) is 29.9. The van der Waals surface area contributed by atoms with Crippen LogP contribution in [0.1, 0.15) is 186 Å². The standard InChI is InChI=1S/C83H102N2O5/c1-52(2)41-61-29-34-77(3)72(87)33-38-81-67-30-35-78(4)82-39-32-66-68(31-37-79(66)36-28-55(46-79)42-53-15-7-5-8-16-53)83(78,49-73(82)88)71(67)48-80(61,76(77)81)47-65-64(63-22-12-11-20-58(63)45-70(65)81)44-54-17-13-21-57(43-54)59-25-27-74(85-50-59)84-40-14-23-62(56-18-9-6-10-19-56)60(51-86)24-26-69(82)75(89)90/h5,7-8,11-13,15-17,20-22,25,27,29,32,39,43,45,47,51-52,55-56,62,66,68-70,72-73,76,84-88H,6,9-10,14,18-19,23-24,26,28,30-31,33-38,40-42,44,46,48-50H2,1-4H3,(H,89,90). The summed E-state index contributed by atoms with van der Waals surface area (Å²) in [6.07, 6.45) is 41.1. The molecule has 474 valence electrons. The van der Waals surface area contributed by atoms with E-state index < -0.39 is 45.8 Å². The Bertz CT molecular complexity index is 3740. The van der Waals surface area contributed by atoms with Gasteiger partial charge in [0.2, 0.25) is 0 Å². The van der Waals surface area contributed by atoms with Gasteiger partial charge in [-0.15, -0.1) is 0 Å². The number of allylic oxidation sites excluding steroid dienone is 10. The number of carbonyl (C=O) groups is 1. The number of nitrogens with one attached hydrogen (secondary N) is 2. The zero-order valence-corrected chi connectivity index (χ0v) is 54.6. The molecule has 5 saturated carbocycles. The van der Waals surface area contributed by atoms with Gasteiger partial charge in [-0.2, -0.15) is 0 Å². The van der Waals surface area contributed by atoms with Gasteiger partial charge < -0.3 is 31.1 Å². The summed E-state index contributed by atoms with van der Waals surface area (Å²) >= 11 is 0. The summed E-state index contributed by atoms with van der Waals surface area (Å²) in [7, 11) is 0. The first-order valence-electron chi connectivity index (χ1n) is 36.2. The number of aliphatic hydroxyl groups is 3. The van der Waals surface area contributed by atoms with Crippen LogP contribution in [0, 0.1) is 91.2 Å². The molecule has 16 atom stereocenters. The highest BCUT2D eigenvalue weighted by Gasteiger charge is 2.81. The molecule has 6 aliphatic heterocycles. The van der Waals surface area contributed by atoms with Gasteiger partial charge in [0.05, 0.1) is 30.2 Å². The van der Waals surface area contributed by atoms with Gasteiger partial charge in [-0.1, -0.05) is 179 Å². The molecule has 0 aromatic heterocycles. The number of fused-ring (bicyclic) bond motifs is 3. The Morgan fingerprint density at radius 3 is 2.42 bits per heavy atom. The van der Waals surface area contributed by atoms with Gasteiger partial charge in [-0.25, -0.2) is 0 Å². The molecule has 6 N–H and O–H groups in total. The molecule has 0 amide bonds. The summed E-state index contributed by atoms with van der Waals surface area (Å²) in [4.78, 5) is 15.2. The van der Waals surface area contributed by atoms with Gasteiger partial charge in [0.25, 0.3) is 0 Å². The fourth-order valence-corrected chi connectivity index (χ4v) is 25.5. The Labute approximate surface area is 536 Å². The zero-order valence-electron chi connectivity index (χ0n) is 54.6. The summed E-state index contributed by atoms with van der Waals surface area (Å²) in [5.41, 5.74) is 11.0. The molecule has 5 fully saturated rings. The van der Waals surface area contributed by atoms with Crippen molar-refractivity contribution in [2.75, 3.05) is 13.1 Å². The predicted octanol–water partition coefficient (Wildman–Crippen LogP) is 15.8.